The molecule has 0 radical (unpaired) electrons. The van der Waals surface area contributed by atoms with Crippen LogP contribution in [0.4, 0.5) is 13.2 Å². The summed E-state index contributed by atoms with van der Waals surface area (Å²) in [7, 11) is 0. The topological polar surface area (TPSA) is 26.3 Å². The predicted molar refractivity (Wildman–Crippen MR) is 74.5 cm³/mol. The van der Waals surface area contributed by atoms with E-state index in [1.807, 2.05) is 0 Å². The number of esters is 1. The fraction of sp³-hybridized carbons (Fsp3) is 0.438. The average Bonchev–Trinajstić information content (AvgIpc) is 2.46. The van der Waals surface area contributed by atoms with Crippen molar-refractivity contribution in [2.75, 3.05) is 0 Å². The van der Waals surface area contributed by atoms with Gasteiger partial charge in [0.05, 0.1) is 5.92 Å². The summed E-state index contributed by atoms with van der Waals surface area (Å²) in [5.74, 6) is -1.99. The van der Waals surface area contributed by atoms with Gasteiger partial charge in [0.1, 0.15) is 6.10 Å². The summed E-state index contributed by atoms with van der Waals surface area (Å²) in [5, 5.41) is 0. The van der Waals surface area contributed by atoms with E-state index in [9.17, 15) is 18.0 Å². The van der Waals surface area contributed by atoms with Crippen LogP contribution in [0.15, 0.2) is 42.5 Å². The molecule has 116 valence electrons. The number of carbonyl (C=O) groups is 1. The minimum atomic E-state index is -4.29. The average molecular weight is 300 g/mol. The Morgan fingerprint density at radius 1 is 1.19 bits per heavy atom. The predicted octanol–water partition coefficient (Wildman–Crippen LogP) is 4.83. The lowest BCUT2D eigenvalue weighted by Crippen LogP contribution is -2.20. The first-order chi connectivity index (χ1) is 9.88. The van der Waals surface area contributed by atoms with Crippen molar-refractivity contribution in [1.29, 1.82) is 0 Å². The molecule has 1 aromatic carbocycles. The van der Waals surface area contributed by atoms with Crippen LogP contribution < -0.4 is 0 Å². The molecule has 0 aliphatic carbocycles. The Labute approximate surface area is 122 Å². The van der Waals surface area contributed by atoms with Crippen LogP contribution in [0.1, 0.15) is 38.4 Å². The summed E-state index contributed by atoms with van der Waals surface area (Å²) in [6.45, 7) is 3.11. The van der Waals surface area contributed by atoms with Crippen LogP contribution >= 0.6 is 0 Å². The van der Waals surface area contributed by atoms with Crippen molar-refractivity contribution in [3.8, 4) is 0 Å². The van der Waals surface area contributed by atoms with Crippen molar-refractivity contribution in [3.05, 3.63) is 48.0 Å². The van der Waals surface area contributed by atoms with Crippen LogP contribution in [-0.4, -0.2) is 12.1 Å². The summed E-state index contributed by atoms with van der Waals surface area (Å²) in [6, 6.07) is 8.71. The molecule has 0 fully saturated rings. The minimum absolute atomic E-state index is 0.0523. The lowest BCUT2D eigenvalue weighted by atomic mass is 10.0. The molecule has 0 spiro atoms. The summed E-state index contributed by atoms with van der Waals surface area (Å²) in [4.78, 5) is 11.4. The molecule has 0 aliphatic rings. The van der Waals surface area contributed by atoms with Gasteiger partial charge in [-0.2, -0.15) is 13.2 Å². The maximum absolute atomic E-state index is 12.7. The molecular weight excluding hydrogens is 281 g/mol. The molecule has 0 saturated heterocycles. The quantitative estimate of drug-likeness (QED) is 0.556. The van der Waals surface area contributed by atoms with Gasteiger partial charge < -0.3 is 4.74 Å². The fourth-order valence-electron chi connectivity index (χ4n) is 1.80. The van der Waals surface area contributed by atoms with Crippen molar-refractivity contribution < 1.29 is 22.7 Å². The van der Waals surface area contributed by atoms with Gasteiger partial charge in [0.15, 0.2) is 0 Å². The number of alkyl halides is 3. The zero-order chi connectivity index (χ0) is 15.9. The second kappa shape index (κ2) is 7.86. The summed E-state index contributed by atoms with van der Waals surface area (Å²) in [5.41, 5.74) is 0.646. The third-order valence-corrected chi connectivity index (χ3v) is 3.05. The number of carbonyl (C=O) groups excluding carboxylic acids is 1. The second-order valence-corrected chi connectivity index (χ2v) is 4.62. The molecule has 21 heavy (non-hydrogen) atoms. The van der Waals surface area contributed by atoms with Gasteiger partial charge in [-0.25, -0.2) is 0 Å². The Kier molecular flexibility index (Phi) is 6.46. The van der Waals surface area contributed by atoms with Gasteiger partial charge in [0.2, 0.25) is 0 Å². The van der Waals surface area contributed by atoms with Gasteiger partial charge in [-0.3, -0.25) is 4.79 Å². The van der Waals surface area contributed by atoms with Crippen LogP contribution in [0.5, 0.6) is 0 Å². The number of benzene rings is 1. The molecule has 0 aliphatic heterocycles. The van der Waals surface area contributed by atoms with Crippen molar-refractivity contribution in [2.24, 2.45) is 5.92 Å². The summed E-state index contributed by atoms with van der Waals surface area (Å²) >= 11 is 0. The second-order valence-electron chi connectivity index (χ2n) is 4.62. The zero-order valence-corrected chi connectivity index (χ0v) is 12.1. The number of halogens is 3. The van der Waals surface area contributed by atoms with Crippen molar-refractivity contribution in [3.63, 3.8) is 0 Å². The van der Waals surface area contributed by atoms with E-state index in [0.717, 1.165) is 6.08 Å². The molecule has 2 nitrogen and oxygen atoms in total. The van der Waals surface area contributed by atoms with Gasteiger partial charge in [-0.1, -0.05) is 50.3 Å². The standard InChI is InChI=1S/C16H19F3O2/c1-3-13(16(17,18)19)10-11-14(21-15(20)4-2)12-8-6-5-7-9-12/h5-11,13-14H,3-4H2,1-2H3/b11-10+. The first kappa shape index (κ1) is 17.3. The van der Waals surface area contributed by atoms with Gasteiger partial charge in [0, 0.05) is 6.42 Å². The van der Waals surface area contributed by atoms with E-state index < -0.39 is 24.2 Å². The lowest BCUT2D eigenvalue weighted by molar-refractivity contribution is -0.161. The normalized spacial score (nSPS) is 14.9. The van der Waals surface area contributed by atoms with Crippen LogP contribution in [0, 0.1) is 5.92 Å². The van der Waals surface area contributed by atoms with E-state index in [4.69, 9.17) is 4.74 Å². The van der Waals surface area contributed by atoms with E-state index in [2.05, 4.69) is 0 Å². The van der Waals surface area contributed by atoms with E-state index >= 15 is 0 Å². The van der Waals surface area contributed by atoms with Gasteiger partial charge >= 0.3 is 12.1 Å². The lowest BCUT2D eigenvalue weighted by Gasteiger charge is -2.17. The van der Waals surface area contributed by atoms with Gasteiger partial charge in [-0.05, 0) is 18.1 Å². The third-order valence-electron chi connectivity index (χ3n) is 3.05. The Balaban J connectivity index is 2.94. The molecule has 1 aromatic rings. The van der Waals surface area contributed by atoms with Gasteiger partial charge in [0.25, 0.3) is 0 Å². The minimum Gasteiger partial charge on any atom is -0.453 e. The summed E-state index contributed by atoms with van der Waals surface area (Å²) in [6.07, 6.45) is -2.58. The molecule has 0 saturated carbocycles. The fourth-order valence-corrected chi connectivity index (χ4v) is 1.80. The van der Waals surface area contributed by atoms with Crippen molar-refractivity contribution >= 4 is 5.97 Å². The number of rotatable bonds is 6. The third kappa shape index (κ3) is 5.61. The van der Waals surface area contributed by atoms with Gasteiger partial charge in [-0.15, -0.1) is 0 Å². The Hall–Kier alpha value is -1.78. The molecule has 2 unspecified atom stereocenters. The SMILES string of the molecule is CCC(=O)OC(/C=C/C(CC)C(F)(F)F)c1ccccc1. The Morgan fingerprint density at radius 3 is 2.29 bits per heavy atom. The highest BCUT2D eigenvalue weighted by molar-refractivity contribution is 5.69. The highest BCUT2D eigenvalue weighted by Crippen LogP contribution is 2.31. The van der Waals surface area contributed by atoms with E-state index in [1.165, 1.54) is 13.0 Å². The first-order valence-electron chi connectivity index (χ1n) is 6.87. The molecular formula is C16H19F3O2. The molecule has 5 heteroatoms. The van der Waals surface area contributed by atoms with Crippen LogP contribution in [0.2, 0.25) is 0 Å². The molecule has 1 rings (SSSR count). The van der Waals surface area contributed by atoms with Crippen molar-refractivity contribution in [2.45, 2.75) is 39.0 Å². The molecule has 0 N–H and O–H groups in total. The number of hydrogen-bond acceptors (Lipinski definition) is 2. The first-order valence-corrected chi connectivity index (χ1v) is 6.87. The monoisotopic (exact) mass is 300 g/mol. The number of ether oxygens (including phenoxy) is 1. The molecule has 0 aromatic heterocycles. The number of hydrogen-bond donors (Lipinski definition) is 0. The largest absolute Gasteiger partial charge is 0.453 e. The zero-order valence-electron chi connectivity index (χ0n) is 12.1. The molecule has 2 atom stereocenters. The van der Waals surface area contributed by atoms with E-state index in [-0.39, 0.29) is 12.8 Å². The maximum atomic E-state index is 12.7. The number of allylic oxidation sites excluding steroid dienone is 1. The highest BCUT2D eigenvalue weighted by atomic mass is 19.4. The maximum Gasteiger partial charge on any atom is 0.395 e. The van der Waals surface area contributed by atoms with Crippen molar-refractivity contribution in [1.82, 2.24) is 0 Å². The van der Waals surface area contributed by atoms with Crippen LogP contribution in [0.3, 0.4) is 0 Å². The van der Waals surface area contributed by atoms with E-state index in [1.54, 1.807) is 37.3 Å². The van der Waals surface area contributed by atoms with Crippen LogP contribution in [-0.2, 0) is 9.53 Å². The summed E-state index contributed by atoms with van der Waals surface area (Å²) < 4.78 is 43.4. The van der Waals surface area contributed by atoms with E-state index in [0.29, 0.717) is 5.56 Å². The highest BCUT2D eigenvalue weighted by Gasteiger charge is 2.36. The smallest absolute Gasteiger partial charge is 0.395 e. The Morgan fingerprint density at radius 2 is 1.81 bits per heavy atom. The molecule has 0 heterocycles. The Bertz CT molecular complexity index is 466. The molecule has 0 bridgehead atoms. The molecule has 0 amide bonds. The van der Waals surface area contributed by atoms with Crippen LogP contribution in [0.25, 0.3) is 0 Å².